The smallest absolute Gasteiger partial charge is 0.232 e. The Morgan fingerprint density at radius 1 is 1.40 bits per heavy atom. The molecule has 0 aliphatic rings. The first kappa shape index (κ1) is 11.4. The van der Waals surface area contributed by atoms with E-state index in [1.54, 1.807) is 0 Å². The Labute approximate surface area is 89.2 Å². The van der Waals surface area contributed by atoms with Gasteiger partial charge < -0.3 is 10.5 Å². The Balaban J connectivity index is 2.39. The van der Waals surface area contributed by atoms with E-state index in [1.165, 1.54) is 12.4 Å². The van der Waals surface area contributed by atoms with Gasteiger partial charge in [-0.05, 0) is 6.42 Å². The number of aromatic nitrogens is 2. The third-order valence-electron chi connectivity index (χ3n) is 1.90. The van der Waals surface area contributed by atoms with Gasteiger partial charge in [-0.3, -0.25) is 5.41 Å². The number of ether oxygens (including phenoxy) is 1. The maximum absolute atomic E-state index is 7.13. The number of amidine groups is 1. The molecule has 82 valence electrons. The molecule has 0 spiro atoms. The van der Waals surface area contributed by atoms with Crippen molar-refractivity contribution < 1.29 is 4.74 Å². The molecule has 0 amide bonds. The lowest BCUT2D eigenvalue weighted by Gasteiger charge is -2.04. The second-order valence-electron chi connectivity index (χ2n) is 3.21. The van der Waals surface area contributed by atoms with Crippen molar-refractivity contribution in [2.45, 2.75) is 26.2 Å². The predicted octanol–water partition coefficient (Wildman–Crippen LogP) is 1.33. The molecule has 0 saturated heterocycles. The van der Waals surface area contributed by atoms with Gasteiger partial charge in [0, 0.05) is 0 Å². The standard InChI is InChI=1S/C10H16N4O/c1-2-3-4-5-15-9-7-13-8(6-14-9)10(11)12/h6-7H,2-5H2,1H3,(H3,11,12). The Morgan fingerprint density at radius 3 is 2.73 bits per heavy atom. The lowest BCUT2D eigenvalue weighted by atomic mass is 10.3. The average Bonchev–Trinajstić information content (AvgIpc) is 2.25. The van der Waals surface area contributed by atoms with Gasteiger partial charge >= 0.3 is 0 Å². The summed E-state index contributed by atoms with van der Waals surface area (Å²) in [4.78, 5) is 7.93. The SMILES string of the molecule is CCCCCOc1cnc(C(=N)N)cn1. The normalized spacial score (nSPS) is 9.93. The van der Waals surface area contributed by atoms with Crippen LogP contribution in [-0.2, 0) is 0 Å². The summed E-state index contributed by atoms with van der Waals surface area (Å²) < 4.78 is 5.36. The maximum Gasteiger partial charge on any atom is 0.232 e. The van der Waals surface area contributed by atoms with E-state index >= 15 is 0 Å². The van der Waals surface area contributed by atoms with Crippen molar-refractivity contribution in [3.63, 3.8) is 0 Å². The molecule has 0 saturated carbocycles. The molecule has 1 aromatic rings. The molecule has 3 N–H and O–H groups in total. The quantitative estimate of drug-likeness (QED) is 0.419. The fraction of sp³-hybridized carbons (Fsp3) is 0.500. The van der Waals surface area contributed by atoms with Gasteiger partial charge in [0.25, 0.3) is 0 Å². The lowest BCUT2D eigenvalue weighted by Crippen LogP contribution is -2.13. The van der Waals surface area contributed by atoms with E-state index in [0.717, 1.165) is 19.3 Å². The van der Waals surface area contributed by atoms with Crippen LogP contribution in [0.1, 0.15) is 31.9 Å². The number of nitrogen functional groups attached to an aromatic ring is 1. The molecule has 0 bridgehead atoms. The van der Waals surface area contributed by atoms with Crippen molar-refractivity contribution in [1.82, 2.24) is 9.97 Å². The van der Waals surface area contributed by atoms with Crippen LogP contribution in [0.4, 0.5) is 0 Å². The predicted molar refractivity (Wildman–Crippen MR) is 58.1 cm³/mol. The van der Waals surface area contributed by atoms with Gasteiger partial charge in [0.05, 0.1) is 19.0 Å². The van der Waals surface area contributed by atoms with Crippen LogP contribution in [0.2, 0.25) is 0 Å². The van der Waals surface area contributed by atoms with E-state index in [9.17, 15) is 0 Å². The zero-order valence-electron chi connectivity index (χ0n) is 8.86. The van der Waals surface area contributed by atoms with Gasteiger partial charge in [-0.2, -0.15) is 0 Å². The molecule has 1 rings (SSSR count). The Kier molecular flexibility index (Phi) is 4.53. The van der Waals surface area contributed by atoms with Crippen LogP contribution in [0.15, 0.2) is 12.4 Å². The van der Waals surface area contributed by atoms with Crippen LogP contribution >= 0.6 is 0 Å². The van der Waals surface area contributed by atoms with E-state index in [1.807, 2.05) is 0 Å². The highest BCUT2D eigenvalue weighted by molar-refractivity contribution is 5.92. The molecule has 1 heterocycles. The van der Waals surface area contributed by atoms with Crippen LogP contribution in [0.25, 0.3) is 0 Å². The molecule has 5 nitrogen and oxygen atoms in total. The van der Waals surface area contributed by atoms with Crippen molar-refractivity contribution in [1.29, 1.82) is 5.41 Å². The molecule has 0 atom stereocenters. The molecule has 0 fully saturated rings. The monoisotopic (exact) mass is 208 g/mol. The van der Waals surface area contributed by atoms with Gasteiger partial charge in [-0.1, -0.05) is 19.8 Å². The summed E-state index contributed by atoms with van der Waals surface area (Å²) in [7, 11) is 0. The van der Waals surface area contributed by atoms with Crippen molar-refractivity contribution >= 4 is 5.84 Å². The molecule has 0 radical (unpaired) electrons. The van der Waals surface area contributed by atoms with E-state index < -0.39 is 0 Å². The number of rotatable bonds is 6. The van der Waals surface area contributed by atoms with Gasteiger partial charge in [0.15, 0.2) is 0 Å². The second kappa shape index (κ2) is 5.95. The fourth-order valence-corrected chi connectivity index (χ4v) is 1.06. The van der Waals surface area contributed by atoms with Gasteiger partial charge in [-0.25, -0.2) is 9.97 Å². The van der Waals surface area contributed by atoms with Crippen LogP contribution in [0, 0.1) is 5.41 Å². The Morgan fingerprint density at radius 2 is 2.20 bits per heavy atom. The topological polar surface area (TPSA) is 84.9 Å². The van der Waals surface area contributed by atoms with Crippen LogP contribution < -0.4 is 10.5 Å². The van der Waals surface area contributed by atoms with E-state index in [-0.39, 0.29) is 5.84 Å². The minimum Gasteiger partial charge on any atom is -0.477 e. The van der Waals surface area contributed by atoms with Crippen LogP contribution in [0.5, 0.6) is 5.88 Å². The molecule has 1 aromatic heterocycles. The molecule has 0 aromatic carbocycles. The number of nitrogens with one attached hydrogen (secondary N) is 1. The Bertz CT molecular complexity index is 310. The number of hydrogen-bond donors (Lipinski definition) is 2. The number of nitrogens with two attached hydrogens (primary N) is 1. The van der Waals surface area contributed by atoms with Crippen molar-refractivity contribution in [2.75, 3.05) is 6.61 Å². The van der Waals surface area contributed by atoms with Gasteiger partial charge in [-0.15, -0.1) is 0 Å². The summed E-state index contributed by atoms with van der Waals surface area (Å²) >= 11 is 0. The van der Waals surface area contributed by atoms with E-state index in [4.69, 9.17) is 15.9 Å². The number of unbranched alkanes of at least 4 members (excludes halogenated alkanes) is 2. The number of hydrogen-bond acceptors (Lipinski definition) is 4. The molecule has 0 aliphatic carbocycles. The fourth-order valence-electron chi connectivity index (χ4n) is 1.06. The summed E-state index contributed by atoms with van der Waals surface area (Å²) in [5.41, 5.74) is 5.61. The van der Waals surface area contributed by atoms with Crippen LogP contribution in [-0.4, -0.2) is 22.4 Å². The highest BCUT2D eigenvalue weighted by Crippen LogP contribution is 2.05. The summed E-state index contributed by atoms with van der Waals surface area (Å²) in [5, 5.41) is 7.13. The zero-order chi connectivity index (χ0) is 11.1. The second-order valence-corrected chi connectivity index (χ2v) is 3.21. The first-order valence-corrected chi connectivity index (χ1v) is 5.03. The molecular formula is C10H16N4O. The molecule has 0 unspecified atom stereocenters. The highest BCUT2D eigenvalue weighted by atomic mass is 16.5. The molecule has 15 heavy (non-hydrogen) atoms. The summed E-state index contributed by atoms with van der Waals surface area (Å²) in [5.74, 6) is 0.399. The highest BCUT2D eigenvalue weighted by Gasteiger charge is 2.00. The van der Waals surface area contributed by atoms with E-state index in [2.05, 4.69) is 16.9 Å². The molecular weight excluding hydrogens is 192 g/mol. The molecule has 0 aliphatic heterocycles. The minimum atomic E-state index is -0.0833. The summed E-state index contributed by atoms with van der Waals surface area (Å²) in [6.07, 6.45) is 6.27. The average molecular weight is 208 g/mol. The zero-order valence-corrected chi connectivity index (χ0v) is 8.86. The third-order valence-corrected chi connectivity index (χ3v) is 1.90. The first-order chi connectivity index (χ1) is 7.24. The minimum absolute atomic E-state index is 0.0833. The molecule has 5 heteroatoms. The Hall–Kier alpha value is -1.65. The van der Waals surface area contributed by atoms with Gasteiger partial charge in [0.1, 0.15) is 11.5 Å². The third kappa shape index (κ3) is 3.93. The van der Waals surface area contributed by atoms with Gasteiger partial charge in [0.2, 0.25) is 5.88 Å². The van der Waals surface area contributed by atoms with Crippen molar-refractivity contribution in [2.24, 2.45) is 5.73 Å². The van der Waals surface area contributed by atoms with Crippen LogP contribution in [0.3, 0.4) is 0 Å². The van der Waals surface area contributed by atoms with Crippen molar-refractivity contribution in [3.8, 4) is 5.88 Å². The first-order valence-electron chi connectivity index (χ1n) is 5.03. The largest absolute Gasteiger partial charge is 0.477 e. The summed E-state index contributed by atoms with van der Waals surface area (Å²) in [6.45, 7) is 2.80. The summed E-state index contributed by atoms with van der Waals surface area (Å²) in [6, 6.07) is 0. The van der Waals surface area contributed by atoms with Crippen molar-refractivity contribution in [3.05, 3.63) is 18.1 Å². The maximum atomic E-state index is 7.13. The van der Waals surface area contributed by atoms with E-state index in [0.29, 0.717) is 18.2 Å². The number of nitrogens with zero attached hydrogens (tertiary/aromatic N) is 2. The lowest BCUT2D eigenvalue weighted by molar-refractivity contribution is 0.293.